The van der Waals surface area contributed by atoms with E-state index in [4.69, 9.17) is 15.2 Å². The van der Waals surface area contributed by atoms with Crippen LogP contribution in [0.5, 0.6) is 5.75 Å². The lowest BCUT2D eigenvalue weighted by molar-refractivity contribution is 0.195. The van der Waals surface area contributed by atoms with E-state index in [-0.39, 0.29) is 0 Å². The van der Waals surface area contributed by atoms with Gasteiger partial charge in [-0.25, -0.2) is 0 Å². The second-order valence-electron chi connectivity index (χ2n) is 4.31. The molecule has 0 amide bonds. The summed E-state index contributed by atoms with van der Waals surface area (Å²) in [7, 11) is 0. The SMILES string of the molecule is CCCOc1cc(NC2CCOC2)ccc1N. The van der Waals surface area contributed by atoms with Crippen LogP contribution in [0.15, 0.2) is 18.2 Å². The summed E-state index contributed by atoms with van der Waals surface area (Å²) in [6.45, 7) is 4.38. The third kappa shape index (κ3) is 3.27. The molecule has 4 nitrogen and oxygen atoms in total. The predicted molar refractivity (Wildman–Crippen MR) is 69.5 cm³/mol. The lowest BCUT2D eigenvalue weighted by Gasteiger charge is -2.14. The molecule has 0 bridgehead atoms. The molecule has 1 fully saturated rings. The molecule has 1 aliphatic heterocycles. The highest BCUT2D eigenvalue weighted by molar-refractivity contribution is 5.61. The summed E-state index contributed by atoms with van der Waals surface area (Å²) in [5, 5.41) is 3.42. The van der Waals surface area contributed by atoms with Crippen LogP contribution in [0.1, 0.15) is 19.8 Å². The first-order valence-corrected chi connectivity index (χ1v) is 6.16. The molecular formula is C13H20N2O2. The molecule has 1 unspecified atom stereocenters. The zero-order valence-corrected chi connectivity index (χ0v) is 10.2. The van der Waals surface area contributed by atoms with Gasteiger partial charge in [0.25, 0.3) is 0 Å². The average molecular weight is 236 g/mol. The molecule has 0 saturated carbocycles. The van der Waals surface area contributed by atoms with Crippen molar-refractivity contribution in [1.29, 1.82) is 0 Å². The zero-order chi connectivity index (χ0) is 12.1. The summed E-state index contributed by atoms with van der Waals surface area (Å²) in [5.74, 6) is 0.760. The molecular weight excluding hydrogens is 216 g/mol. The van der Waals surface area contributed by atoms with Gasteiger partial charge in [-0.05, 0) is 25.0 Å². The molecule has 1 aromatic rings. The highest BCUT2D eigenvalue weighted by Crippen LogP contribution is 2.26. The Bertz CT molecular complexity index is 362. The second kappa shape index (κ2) is 5.77. The Balaban J connectivity index is 2.01. The third-order valence-electron chi connectivity index (χ3n) is 2.78. The Labute approximate surface area is 102 Å². The van der Waals surface area contributed by atoms with E-state index in [1.165, 1.54) is 0 Å². The number of rotatable bonds is 5. The third-order valence-corrected chi connectivity index (χ3v) is 2.78. The number of nitrogen functional groups attached to an aromatic ring is 1. The van der Waals surface area contributed by atoms with Crippen molar-refractivity contribution < 1.29 is 9.47 Å². The van der Waals surface area contributed by atoms with E-state index >= 15 is 0 Å². The van der Waals surface area contributed by atoms with Crippen molar-refractivity contribution in [1.82, 2.24) is 0 Å². The van der Waals surface area contributed by atoms with Gasteiger partial charge in [0.15, 0.2) is 0 Å². The molecule has 1 heterocycles. The zero-order valence-electron chi connectivity index (χ0n) is 10.2. The van der Waals surface area contributed by atoms with Gasteiger partial charge in [0.05, 0.1) is 24.9 Å². The summed E-state index contributed by atoms with van der Waals surface area (Å²) in [6.07, 6.45) is 2.03. The lowest BCUT2D eigenvalue weighted by Crippen LogP contribution is -2.18. The quantitative estimate of drug-likeness (QED) is 0.770. The van der Waals surface area contributed by atoms with Crippen molar-refractivity contribution in [2.45, 2.75) is 25.8 Å². The Morgan fingerprint density at radius 2 is 2.41 bits per heavy atom. The fourth-order valence-corrected chi connectivity index (χ4v) is 1.85. The smallest absolute Gasteiger partial charge is 0.144 e. The summed E-state index contributed by atoms with van der Waals surface area (Å²) >= 11 is 0. The number of nitrogens with two attached hydrogens (primary N) is 1. The second-order valence-corrected chi connectivity index (χ2v) is 4.31. The Morgan fingerprint density at radius 3 is 3.12 bits per heavy atom. The van der Waals surface area contributed by atoms with Crippen LogP contribution in [-0.4, -0.2) is 25.9 Å². The van der Waals surface area contributed by atoms with Crippen LogP contribution in [0.25, 0.3) is 0 Å². The maximum atomic E-state index is 5.86. The van der Waals surface area contributed by atoms with Crippen molar-refractivity contribution in [2.75, 3.05) is 30.9 Å². The van der Waals surface area contributed by atoms with Gasteiger partial charge in [0.2, 0.25) is 0 Å². The highest BCUT2D eigenvalue weighted by Gasteiger charge is 2.15. The van der Waals surface area contributed by atoms with Crippen LogP contribution in [0.2, 0.25) is 0 Å². The molecule has 0 aromatic heterocycles. The molecule has 1 aromatic carbocycles. The number of benzene rings is 1. The van der Waals surface area contributed by atoms with E-state index in [1.54, 1.807) is 0 Å². The first-order valence-electron chi connectivity index (χ1n) is 6.16. The number of nitrogens with one attached hydrogen (secondary N) is 1. The van der Waals surface area contributed by atoms with Gasteiger partial charge >= 0.3 is 0 Å². The van der Waals surface area contributed by atoms with E-state index in [0.717, 1.165) is 37.5 Å². The normalized spacial score (nSPS) is 19.2. The van der Waals surface area contributed by atoms with Gasteiger partial charge in [-0.1, -0.05) is 6.92 Å². The lowest BCUT2D eigenvalue weighted by atomic mass is 10.2. The molecule has 1 atom stereocenters. The molecule has 1 saturated heterocycles. The first kappa shape index (κ1) is 12.0. The van der Waals surface area contributed by atoms with Crippen LogP contribution < -0.4 is 15.8 Å². The molecule has 3 N–H and O–H groups in total. The molecule has 4 heteroatoms. The maximum Gasteiger partial charge on any atom is 0.144 e. The Morgan fingerprint density at radius 1 is 1.53 bits per heavy atom. The average Bonchev–Trinajstić information content (AvgIpc) is 2.82. The first-order chi connectivity index (χ1) is 8.29. The van der Waals surface area contributed by atoms with E-state index in [0.29, 0.717) is 18.3 Å². The Kier molecular flexibility index (Phi) is 4.09. The molecule has 17 heavy (non-hydrogen) atoms. The molecule has 0 spiro atoms. The summed E-state index contributed by atoms with van der Waals surface area (Å²) in [6, 6.07) is 6.22. The standard InChI is InChI=1S/C13H20N2O2/c1-2-6-17-13-8-10(3-4-12(13)14)15-11-5-7-16-9-11/h3-4,8,11,15H,2,5-7,9,14H2,1H3. The predicted octanol–water partition coefficient (Wildman–Crippen LogP) is 2.26. The number of anilines is 2. The van der Waals surface area contributed by atoms with Crippen molar-refractivity contribution >= 4 is 11.4 Å². The summed E-state index contributed by atoms with van der Waals surface area (Å²) < 4.78 is 10.9. The number of ether oxygens (including phenoxy) is 2. The van der Waals surface area contributed by atoms with E-state index in [9.17, 15) is 0 Å². The topological polar surface area (TPSA) is 56.5 Å². The summed E-state index contributed by atoms with van der Waals surface area (Å²) in [5.41, 5.74) is 7.59. The van der Waals surface area contributed by atoms with E-state index < -0.39 is 0 Å². The number of hydrogen-bond acceptors (Lipinski definition) is 4. The monoisotopic (exact) mass is 236 g/mol. The van der Waals surface area contributed by atoms with Crippen LogP contribution in [-0.2, 0) is 4.74 Å². The fourth-order valence-electron chi connectivity index (χ4n) is 1.85. The minimum atomic E-state index is 0.401. The largest absolute Gasteiger partial charge is 0.491 e. The van der Waals surface area contributed by atoms with Crippen molar-refractivity contribution in [3.8, 4) is 5.75 Å². The van der Waals surface area contributed by atoms with Crippen LogP contribution in [0, 0.1) is 0 Å². The fraction of sp³-hybridized carbons (Fsp3) is 0.538. The minimum Gasteiger partial charge on any atom is -0.491 e. The maximum absolute atomic E-state index is 5.86. The minimum absolute atomic E-state index is 0.401. The van der Waals surface area contributed by atoms with Crippen LogP contribution in [0.4, 0.5) is 11.4 Å². The van der Waals surface area contributed by atoms with Crippen LogP contribution in [0.3, 0.4) is 0 Å². The number of hydrogen-bond donors (Lipinski definition) is 2. The van der Waals surface area contributed by atoms with Crippen molar-refractivity contribution in [2.24, 2.45) is 0 Å². The molecule has 0 aliphatic carbocycles. The van der Waals surface area contributed by atoms with Gasteiger partial charge < -0.3 is 20.5 Å². The van der Waals surface area contributed by atoms with Gasteiger partial charge in [0.1, 0.15) is 5.75 Å². The Hall–Kier alpha value is -1.42. The molecule has 94 valence electrons. The molecule has 2 rings (SSSR count). The summed E-state index contributed by atoms with van der Waals surface area (Å²) in [4.78, 5) is 0. The van der Waals surface area contributed by atoms with Gasteiger partial charge in [0, 0.05) is 18.4 Å². The van der Waals surface area contributed by atoms with Crippen LogP contribution >= 0.6 is 0 Å². The van der Waals surface area contributed by atoms with Crippen molar-refractivity contribution in [3.63, 3.8) is 0 Å². The highest BCUT2D eigenvalue weighted by atomic mass is 16.5. The van der Waals surface area contributed by atoms with Gasteiger partial charge in [-0.3, -0.25) is 0 Å². The molecule has 1 aliphatic rings. The van der Waals surface area contributed by atoms with Gasteiger partial charge in [-0.2, -0.15) is 0 Å². The molecule has 0 radical (unpaired) electrons. The van der Waals surface area contributed by atoms with Gasteiger partial charge in [-0.15, -0.1) is 0 Å². The van der Waals surface area contributed by atoms with E-state index in [1.807, 2.05) is 18.2 Å². The van der Waals surface area contributed by atoms with E-state index in [2.05, 4.69) is 12.2 Å². The van der Waals surface area contributed by atoms with Crippen molar-refractivity contribution in [3.05, 3.63) is 18.2 Å².